The summed E-state index contributed by atoms with van der Waals surface area (Å²) in [6.07, 6.45) is 0. The van der Waals surface area contributed by atoms with Crippen LogP contribution in [0.1, 0.15) is 10.5 Å². The van der Waals surface area contributed by atoms with Gasteiger partial charge in [0.25, 0.3) is 0 Å². The van der Waals surface area contributed by atoms with Gasteiger partial charge in [0.05, 0.1) is 25.3 Å². The van der Waals surface area contributed by atoms with Gasteiger partial charge in [-0.15, -0.1) is 0 Å². The molecule has 0 aliphatic carbocycles. The number of methoxy groups -OCH3 is 2. The highest BCUT2D eigenvalue weighted by molar-refractivity contribution is 6.32. The van der Waals surface area contributed by atoms with Gasteiger partial charge in [0, 0.05) is 0 Å². The molecule has 2 aromatic rings. The minimum atomic E-state index is -0.451. The van der Waals surface area contributed by atoms with E-state index in [1.807, 2.05) is 0 Å². The van der Waals surface area contributed by atoms with Gasteiger partial charge in [-0.3, -0.25) is 0 Å². The second-order valence-electron chi connectivity index (χ2n) is 3.09. The molecular formula is C10H9ClN2O3. The van der Waals surface area contributed by atoms with E-state index in [-0.39, 0.29) is 0 Å². The summed E-state index contributed by atoms with van der Waals surface area (Å²) < 4.78 is 9.57. The quantitative estimate of drug-likeness (QED) is 0.816. The smallest absolute Gasteiger partial charge is 0.354 e. The number of esters is 1. The van der Waals surface area contributed by atoms with E-state index in [2.05, 4.69) is 14.7 Å². The van der Waals surface area contributed by atoms with E-state index in [1.54, 1.807) is 12.1 Å². The fourth-order valence-electron chi connectivity index (χ4n) is 1.38. The summed E-state index contributed by atoms with van der Waals surface area (Å²) in [6.45, 7) is 0. The normalized spacial score (nSPS) is 10.4. The Morgan fingerprint density at radius 1 is 1.44 bits per heavy atom. The zero-order valence-electron chi connectivity index (χ0n) is 8.70. The van der Waals surface area contributed by atoms with Crippen LogP contribution < -0.4 is 4.74 Å². The number of aromatic amines is 1. The van der Waals surface area contributed by atoms with Gasteiger partial charge in [-0.2, -0.15) is 0 Å². The maximum absolute atomic E-state index is 11.3. The Morgan fingerprint density at radius 3 is 2.81 bits per heavy atom. The number of ether oxygens (including phenoxy) is 2. The molecular weight excluding hydrogens is 232 g/mol. The van der Waals surface area contributed by atoms with Crippen LogP contribution in [0.15, 0.2) is 12.1 Å². The first kappa shape index (κ1) is 10.8. The van der Waals surface area contributed by atoms with Crippen LogP contribution in [-0.2, 0) is 4.74 Å². The molecule has 0 atom stereocenters. The molecule has 0 aliphatic heterocycles. The number of rotatable bonds is 2. The van der Waals surface area contributed by atoms with Crippen LogP contribution in [0.3, 0.4) is 0 Å². The average molecular weight is 241 g/mol. The molecule has 6 heteroatoms. The number of nitrogens with one attached hydrogen (secondary N) is 1. The Bertz CT molecular complexity index is 550. The molecule has 16 heavy (non-hydrogen) atoms. The second kappa shape index (κ2) is 4.02. The minimum Gasteiger partial charge on any atom is -0.480 e. The van der Waals surface area contributed by atoms with E-state index < -0.39 is 5.97 Å². The molecule has 0 saturated carbocycles. The summed E-state index contributed by atoms with van der Waals surface area (Å²) in [5, 5.41) is 0.383. The lowest BCUT2D eigenvalue weighted by Gasteiger charge is -2.00. The standard InChI is InChI=1S/C10H9ClN2O3/c1-15-9-5(11)3-6-7(13-9)4-8(12-6)10(14)16-2/h3-4,12H,1-2H3. The Kier molecular flexibility index (Phi) is 2.70. The van der Waals surface area contributed by atoms with Crippen molar-refractivity contribution in [2.45, 2.75) is 0 Å². The van der Waals surface area contributed by atoms with E-state index in [0.29, 0.717) is 27.6 Å². The Labute approximate surface area is 96.3 Å². The molecule has 2 rings (SSSR count). The summed E-state index contributed by atoms with van der Waals surface area (Å²) in [6, 6.07) is 3.23. The van der Waals surface area contributed by atoms with Gasteiger partial charge >= 0.3 is 5.97 Å². The van der Waals surface area contributed by atoms with Gasteiger partial charge in [-0.05, 0) is 12.1 Å². The highest BCUT2D eigenvalue weighted by atomic mass is 35.5. The molecule has 0 fully saturated rings. The first-order valence-corrected chi connectivity index (χ1v) is 4.85. The van der Waals surface area contributed by atoms with E-state index in [4.69, 9.17) is 16.3 Å². The summed E-state index contributed by atoms with van der Waals surface area (Å²) in [5.41, 5.74) is 1.59. The number of hydrogen-bond donors (Lipinski definition) is 1. The van der Waals surface area contributed by atoms with Crippen molar-refractivity contribution in [3.8, 4) is 5.88 Å². The highest BCUT2D eigenvalue weighted by Gasteiger charge is 2.12. The molecule has 0 unspecified atom stereocenters. The third kappa shape index (κ3) is 1.69. The van der Waals surface area contributed by atoms with Crippen LogP contribution in [0.25, 0.3) is 11.0 Å². The van der Waals surface area contributed by atoms with Gasteiger partial charge in [0.15, 0.2) is 0 Å². The molecule has 2 heterocycles. The third-order valence-electron chi connectivity index (χ3n) is 2.12. The van der Waals surface area contributed by atoms with Crippen molar-refractivity contribution < 1.29 is 14.3 Å². The summed E-state index contributed by atoms with van der Waals surface area (Å²) in [5.74, 6) is -0.127. The third-order valence-corrected chi connectivity index (χ3v) is 2.39. The lowest BCUT2D eigenvalue weighted by molar-refractivity contribution is 0.0595. The topological polar surface area (TPSA) is 64.2 Å². The number of carbonyl (C=O) groups is 1. The first-order valence-electron chi connectivity index (χ1n) is 4.47. The van der Waals surface area contributed by atoms with Gasteiger partial charge in [0.2, 0.25) is 5.88 Å². The van der Waals surface area contributed by atoms with Gasteiger partial charge in [-0.1, -0.05) is 11.6 Å². The van der Waals surface area contributed by atoms with Gasteiger partial charge in [-0.25, -0.2) is 9.78 Å². The zero-order valence-corrected chi connectivity index (χ0v) is 9.46. The number of fused-ring (bicyclic) bond motifs is 1. The molecule has 0 spiro atoms. The number of hydrogen-bond acceptors (Lipinski definition) is 4. The van der Waals surface area contributed by atoms with Crippen molar-refractivity contribution >= 4 is 28.6 Å². The highest BCUT2D eigenvalue weighted by Crippen LogP contribution is 2.26. The Balaban J connectivity index is 2.58. The van der Waals surface area contributed by atoms with E-state index in [9.17, 15) is 4.79 Å². The van der Waals surface area contributed by atoms with E-state index >= 15 is 0 Å². The fourth-order valence-corrected chi connectivity index (χ4v) is 1.61. The number of pyridine rings is 1. The Hall–Kier alpha value is -1.75. The summed E-state index contributed by atoms with van der Waals surface area (Å²) in [7, 11) is 2.79. The monoisotopic (exact) mass is 240 g/mol. The predicted octanol–water partition coefficient (Wildman–Crippen LogP) is 2.01. The SMILES string of the molecule is COC(=O)c1cc2nc(OC)c(Cl)cc2[nH]1. The molecule has 84 valence electrons. The van der Waals surface area contributed by atoms with Crippen molar-refractivity contribution in [3.63, 3.8) is 0 Å². The molecule has 2 aromatic heterocycles. The van der Waals surface area contributed by atoms with Gasteiger partial charge < -0.3 is 14.5 Å². The van der Waals surface area contributed by atoms with Crippen LogP contribution in [0.4, 0.5) is 0 Å². The maximum atomic E-state index is 11.3. The number of aromatic nitrogens is 2. The Morgan fingerprint density at radius 2 is 2.19 bits per heavy atom. The molecule has 0 bridgehead atoms. The predicted molar refractivity (Wildman–Crippen MR) is 59.0 cm³/mol. The molecule has 0 aromatic carbocycles. The lowest BCUT2D eigenvalue weighted by Crippen LogP contribution is -2.00. The number of nitrogens with zero attached hydrogens (tertiary/aromatic N) is 1. The largest absolute Gasteiger partial charge is 0.480 e. The van der Waals surface area contributed by atoms with Crippen molar-refractivity contribution in [2.24, 2.45) is 0 Å². The average Bonchev–Trinajstić information content (AvgIpc) is 2.69. The lowest BCUT2D eigenvalue weighted by atomic mass is 10.3. The number of carbonyl (C=O) groups excluding carboxylic acids is 1. The van der Waals surface area contributed by atoms with Crippen molar-refractivity contribution in [2.75, 3.05) is 14.2 Å². The molecule has 0 aliphatic rings. The van der Waals surface area contributed by atoms with Crippen molar-refractivity contribution in [1.29, 1.82) is 0 Å². The minimum absolute atomic E-state index is 0.324. The summed E-state index contributed by atoms with van der Waals surface area (Å²) in [4.78, 5) is 18.3. The number of halogens is 1. The van der Waals surface area contributed by atoms with Crippen LogP contribution in [0.2, 0.25) is 5.02 Å². The van der Waals surface area contributed by atoms with Crippen LogP contribution in [0.5, 0.6) is 5.88 Å². The zero-order chi connectivity index (χ0) is 11.7. The van der Waals surface area contributed by atoms with Gasteiger partial charge in [0.1, 0.15) is 10.7 Å². The van der Waals surface area contributed by atoms with Crippen molar-refractivity contribution in [3.05, 3.63) is 22.8 Å². The molecule has 0 saturated heterocycles. The molecule has 5 nitrogen and oxygen atoms in total. The maximum Gasteiger partial charge on any atom is 0.354 e. The van der Waals surface area contributed by atoms with E-state index in [1.165, 1.54) is 14.2 Å². The second-order valence-corrected chi connectivity index (χ2v) is 3.49. The van der Waals surface area contributed by atoms with Crippen molar-refractivity contribution in [1.82, 2.24) is 9.97 Å². The first-order chi connectivity index (χ1) is 7.65. The molecule has 1 N–H and O–H groups in total. The molecule has 0 radical (unpaired) electrons. The summed E-state index contributed by atoms with van der Waals surface area (Å²) >= 11 is 5.90. The molecule has 0 amide bonds. The van der Waals surface area contributed by atoms with Crippen LogP contribution >= 0.6 is 11.6 Å². The van der Waals surface area contributed by atoms with Crippen LogP contribution in [-0.4, -0.2) is 30.2 Å². The fraction of sp³-hybridized carbons (Fsp3) is 0.200. The van der Waals surface area contributed by atoms with Crippen LogP contribution in [0, 0.1) is 0 Å². The van der Waals surface area contributed by atoms with E-state index in [0.717, 1.165) is 0 Å². The number of H-pyrrole nitrogens is 1.